The number of nitrogens with one attached hydrogen (secondary N) is 1. The molecule has 2 aromatic rings. The fraction of sp³-hybridized carbons (Fsp3) is 0. The van der Waals surface area contributed by atoms with E-state index in [1.807, 2.05) is 6.07 Å². The first kappa shape index (κ1) is 14.9. The normalized spacial score (nSPS) is 16.0. The van der Waals surface area contributed by atoms with Gasteiger partial charge >= 0.3 is 0 Å². The number of sulfonamides is 1. The summed E-state index contributed by atoms with van der Waals surface area (Å²) in [6.45, 7) is 0. The molecule has 0 amide bonds. The zero-order valence-electron chi connectivity index (χ0n) is 11.7. The summed E-state index contributed by atoms with van der Waals surface area (Å²) in [5.74, 6) is 0.210. The lowest BCUT2D eigenvalue weighted by atomic mass is 10.1. The zero-order chi connectivity index (χ0) is 16.4. The first-order chi connectivity index (χ1) is 10.9. The third-order valence-corrected chi connectivity index (χ3v) is 4.15. The Bertz CT molecular complexity index is 917. The summed E-state index contributed by atoms with van der Waals surface area (Å²) in [5.41, 5.74) is 1.39. The first-order valence-electron chi connectivity index (χ1n) is 6.58. The Hall–Kier alpha value is -3.00. The van der Waals surface area contributed by atoms with Crippen LogP contribution in [0.3, 0.4) is 0 Å². The molecule has 0 unspecified atom stereocenters. The van der Waals surface area contributed by atoms with Gasteiger partial charge in [-0.3, -0.25) is 10.1 Å². The van der Waals surface area contributed by atoms with E-state index in [1.54, 1.807) is 24.3 Å². The van der Waals surface area contributed by atoms with Crippen molar-refractivity contribution in [2.24, 2.45) is 4.40 Å². The van der Waals surface area contributed by atoms with Crippen LogP contribution < -0.4 is 5.32 Å². The SMILES string of the molecule is O=[N+]([O-])c1ccc(C2=CS(=O)(=O)N=C(c3ccccc3)N2)cc1. The molecule has 2 aromatic carbocycles. The summed E-state index contributed by atoms with van der Waals surface area (Å²) < 4.78 is 27.7. The summed E-state index contributed by atoms with van der Waals surface area (Å²) in [6.07, 6.45) is 0. The maximum absolute atomic E-state index is 12.0. The predicted molar refractivity (Wildman–Crippen MR) is 86.1 cm³/mol. The summed E-state index contributed by atoms with van der Waals surface area (Å²) in [4.78, 5) is 10.2. The van der Waals surface area contributed by atoms with Crippen LogP contribution in [0.1, 0.15) is 11.1 Å². The Morgan fingerprint density at radius 2 is 1.61 bits per heavy atom. The number of nitro groups is 1. The average Bonchev–Trinajstić information content (AvgIpc) is 2.54. The maximum Gasteiger partial charge on any atom is 0.279 e. The van der Waals surface area contributed by atoms with Crippen LogP contribution in [0.25, 0.3) is 5.70 Å². The second-order valence-electron chi connectivity index (χ2n) is 4.78. The van der Waals surface area contributed by atoms with Crippen LogP contribution in [-0.2, 0) is 10.0 Å². The molecule has 1 aliphatic rings. The van der Waals surface area contributed by atoms with Gasteiger partial charge in [0.2, 0.25) is 0 Å². The molecule has 0 aromatic heterocycles. The summed E-state index contributed by atoms with van der Waals surface area (Å²) in [6, 6.07) is 14.4. The molecule has 0 atom stereocenters. The van der Waals surface area contributed by atoms with E-state index in [9.17, 15) is 18.5 Å². The highest BCUT2D eigenvalue weighted by Gasteiger charge is 2.20. The Morgan fingerprint density at radius 1 is 0.957 bits per heavy atom. The van der Waals surface area contributed by atoms with Gasteiger partial charge in [-0.05, 0) is 17.7 Å². The van der Waals surface area contributed by atoms with E-state index in [4.69, 9.17) is 0 Å². The fourth-order valence-corrected chi connectivity index (χ4v) is 3.06. The molecular weight excluding hydrogens is 318 g/mol. The minimum atomic E-state index is -3.77. The molecule has 0 aliphatic carbocycles. The van der Waals surface area contributed by atoms with Crippen molar-refractivity contribution in [2.75, 3.05) is 0 Å². The minimum Gasteiger partial charge on any atom is -0.338 e. The van der Waals surface area contributed by atoms with Crippen molar-refractivity contribution in [2.45, 2.75) is 0 Å². The third-order valence-electron chi connectivity index (χ3n) is 3.17. The molecule has 0 saturated carbocycles. The van der Waals surface area contributed by atoms with Crippen LogP contribution in [0.2, 0.25) is 0 Å². The molecule has 0 bridgehead atoms. The zero-order valence-corrected chi connectivity index (χ0v) is 12.5. The van der Waals surface area contributed by atoms with E-state index in [0.717, 1.165) is 5.41 Å². The van der Waals surface area contributed by atoms with Crippen LogP contribution in [0, 0.1) is 10.1 Å². The second kappa shape index (κ2) is 5.65. The molecule has 0 saturated heterocycles. The quantitative estimate of drug-likeness (QED) is 0.687. The Balaban J connectivity index is 1.98. The highest BCUT2D eigenvalue weighted by atomic mass is 32.2. The van der Waals surface area contributed by atoms with Gasteiger partial charge in [0.15, 0.2) is 5.84 Å². The lowest BCUT2D eigenvalue weighted by molar-refractivity contribution is -0.384. The molecule has 1 aliphatic heterocycles. The number of nitrogens with zero attached hydrogens (tertiary/aromatic N) is 2. The van der Waals surface area contributed by atoms with E-state index in [-0.39, 0.29) is 11.5 Å². The van der Waals surface area contributed by atoms with Crippen molar-refractivity contribution in [3.63, 3.8) is 0 Å². The van der Waals surface area contributed by atoms with Gasteiger partial charge in [0, 0.05) is 17.7 Å². The summed E-state index contributed by atoms with van der Waals surface area (Å²) in [5, 5.41) is 14.6. The van der Waals surface area contributed by atoms with Gasteiger partial charge in [0.05, 0.1) is 16.0 Å². The van der Waals surface area contributed by atoms with Gasteiger partial charge in [-0.15, -0.1) is 4.40 Å². The molecule has 23 heavy (non-hydrogen) atoms. The van der Waals surface area contributed by atoms with Crippen molar-refractivity contribution < 1.29 is 13.3 Å². The number of hydrogen-bond donors (Lipinski definition) is 1. The second-order valence-corrected chi connectivity index (χ2v) is 6.23. The van der Waals surface area contributed by atoms with Crippen LogP contribution in [0.15, 0.2) is 64.4 Å². The number of nitro benzene ring substituents is 1. The monoisotopic (exact) mass is 329 g/mol. The van der Waals surface area contributed by atoms with E-state index in [2.05, 4.69) is 9.71 Å². The van der Waals surface area contributed by atoms with Crippen molar-refractivity contribution in [1.29, 1.82) is 0 Å². The van der Waals surface area contributed by atoms with Crippen LogP contribution in [0.5, 0.6) is 0 Å². The summed E-state index contributed by atoms with van der Waals surface area (Å²) >= 11 is 0. The third kappa shape index (κ3) is 3.27. The highest BCUT2D eigenvalue weighted by Crippen LogP contribution is 2.22. The van der Waals surface area contributed by atoms with E-state index in [1.165, 1.54) is 24.3 Å². The average molecular weight is 329 g/mol. The van der Waals surface area contributed by atoms with Crippen molar-refractivity contribution >= 4 is 27.2 Å². The number of rotatable bonds is 3. The number of benzene rings is 2. The van der Waals surface area contributed by atoms with Crippen molar-refractivity contribution in [1.82, 2.24) is 5.32 Å². The number of non-ortho nitro benzene ring substituents is 1. The van der Waals surface area contributed by atoms with Gasteiger partial charge < -0.3 is 5.32 Å². The van der Waals surface area contributed by atoms with E-state index < -0.39 is 14.9 Å². The Labute approximate surface area is 132 Å². The van der Waals surface area contributed by atoms with Gasteiger partial charge in [0.1, 0.15) is 0 Å². The van der Waals surface area contributed by atoms with Gasteiger partial charge in [-0.1, -0.05) is 30.3 Å². The van der Waals surface area contributed by atoms with Gasteiger partial charge in [-0.25, -0.2) is 0 Å². The van der Waals surface area contributed by atoms with Gasteiger partial charge in [0.25, 0.3) is 15.7 Å². The molecule has 0 spiro atoms. The topological polar surface area (TPSA) is 102 Å². The first-order valence-corrected chi connectivity index (χ1v) is 8.09. The van der Waals surface area contributed by atoms with E-state index in [0.29, 0.717) is 16.8 Å². The predicted octanol–water partition coefficient (Wildman–Crippen LogP) is 2.27. The van der Waals surface area contributed by atoms with Crippen molar-refractivity contribution in [3.05, 3.63) is 81.2 Å². The van der Waals surface area contributed by atoms with Crippen LogP contribution in [-0.4, -0.2) is 19.2 Å². The molecular formula is C15H11N3O4S. The molecule has 3 rings (SSSR count). The standard InChI is InChI=1S/C15H11N3O4S/c19-18(20)13-8-6-11(7-9-13)14-10-23(21,22)17-15(16-14)12-4-2-1-3-5-12/h1-10H,(H,16,17). The summed E-state index contributed by atoms with van der Waals surface area (Å²) in [7, 11) is -3.77. The smallest absolute Gasteiger partial charge is 0.279 e. The molecule has 1 heterocycles. The fourth-order valence-electron chi connectivity index (χ4n) is 2.11. The van der Waals surface area contributed by atoms with Gasteiger partial charge in [-0.2, -0.15) is 8.42 Å². The van der Waals surface area contributed by atoms with Crippen molar-refractivity contribution in [3.8, 4) is 0 Å². The lowest BCUT2D eigenvalue weighted by Crippen LogP contribution is -2.28. The maximum atomic E-state index is 12.0. The Morgan fingerprint density at radius 3 is 2.22 bits per heavy atom. The molecule has 7 nitrogen and oxygen atoms in total. The largest absolute Gasteiger partial charge is 0.338 e. The Kier molecular flexibility index (Phi) is 3.67. The highest BCUT2D eigenvalue weighted by molar-refractivity contribution is 7.93. The molecule has 0 fully saturated rings. The number of hydrogen-bond acceptors (Lipinski definition) is 5. The lowest BCUT2D eigenvalue weighted by Gasteiger charge is -2.17. The molecule has 8 heteroatoms. The van der Waals surface area contributed by atoms with Crippen LogP contribution >= 0.6 is 0 Å². The number of amidine groups is 1. The van der Waals surface area contributed by atoms with Crippen LogP contribution in [0.4, 0.5) is 5.69 Å². The molecule has 116 valence electrons. The molecule has 0 radical (unpaired) electrons. The molecule has 1 N–H and O–H groups in total. The van der Waals surface area contributed by atoms with E-state index >= 15 is 0 Å². The minimum absolute atomic E-state index is 0.0648.